The molecule has 2 aromatic rings. The van der Waals surface area contributed by atoms with Crippen molar-refractivity contribution < 1.29 is 9.84 Å². The van der Waals surface area contributed by atoms with Crippen LogP contribution >= 0.6 is 22.9 Å². The summed E-state index contributed by atoms with van der Waals surface area (Å²) in [5.74, 6) is 6.17. The Bertz CT molecular complexity index is 623. The summed E-state index contributed by atoms with van der Waals surface area (Å²) in [6, 6.07) is 7.65. The summed E-state index contributed by atoms with van der Waals surface area (Å²) < 4.78 is 5.70. The number of benzene rings is 1. The van der Waals surface area contributed by atoms with Crippen LogP contribution in [-0.2, 0) is 6.61 Å². The Balaban J connectivity index is 2.02. The van der Waals surface area contributed by atoms with Gasteiger partial charge < -0.3 is 9.84 Å². The van der Waals surface area contributed by atoms with Crippen molar-refractivity contribution in [1.29, 1.82) is 0 Å². The number of aryl methyl sites for hydroxylation is 1. The molecular formula is C15H13ClO2S. The van der Waals surface area contributed by atoms with Gasteiger partial charge in [-0.2, -0.15) is 0 Å². The first-order valence-electron chi connectivity index (χ1n) is 5.75. The number of hydrogen-bond acceptors (Lipinski definition) is 3. The molecule has 4 heteroatoms. The van der Waals surface area contributed by atoms with Crippen molar-refractivity contribution in [2.75, 3.05) is 6.61 Å². The van der Waals surface area contributed by atoms with E-state index in [1.807, 2.05) is 36.6 Å². The van der Waals surface area contributed by atoms with Crippen LogP contribution in [0, 0.1) is 18.8 Å². The highest BCUT2D eigenvalue weighted by Gasteiger charge is 2.04. The number of aliphatic hydroxyl groups is 1. The number of halogens is 1. The van der Waals surface area contributed by atoms with Gasteiger partial charge >= 0.3 is 0 Å². The third kappa shape index (κ3) is 4.00. The predicted octanol–water partition coefficient (Wildman–Crippen LogP) is 3.63. The lowest BCUT2D eigenvalue weighted by atomic mass is 10.2. The second-order valence-corrected chi connectivity index (χ2v) is 5.39. The average Bonchev–Trinajstić information content (AvgIpc) is 2.85. The van der Waals surface area contributed by atoms with Crippen molar-refractivity contribution in [2.45, 2.75) is 13.5 Å². The summed E-state index contributed by atoms with van der Waals surface area (Å²) in [6.45, 7) is 2.34. The maximum Gasteiger partial charge on any atom is 0.138 e. The van der Waals surface area contributed by atoms with Crippen LogP contribution in [0.2, 0.25) is 5.02 Å². The van der Waals surface area contributed by atoms with Crippen LogP contribution in [0.3, 0.4) is 0 Å². The Hall–Kier alpha value is -1.47. The number of rotatable bonds is 3. The molecule has 1 aromatic heterocycles. The van der Waals surface area contributed by atoms with Gasteiger partial charge in [-0.15, -0.1) is 11.3 Å². The molecule has 2 nitrogen and oxygen atoms in total. The topological polar surface area (TPSA) is 29.5 Å². The quantitative estimate of drug-likeness (QED) is 0.875. The summed E-state index contributed by atoms with van der Waals surface area (Å²) in [5, 5.41) is 11.2. The average molecular weight is 293 g/mol. The van der Waals surface area contributed by atoms with Gasteiger partial charge in [-0.25, -0.2) is 0 Å². The van der Waals surface area contributed by atoms with Gasteiger partial charge in [-0.05, 0) is 30.7 Å². The Kier molecular flexibility index (Phi) is 4.86. The lowest BCUT2D eigenvalue weighted by Gasteiger charge is -2.07. The fraction of sp³-hybridized carbons (Fsp3) is 0.200. The number of aliphatic hydroxyl groups excluding tert-OH is 1. The van der Waals surface area contributed by atoms with Crippen molar-refractivity contribution in [1.82, 2.24) is 0 Å². The third-order valence-corrected chi connectivity index (χ3v) is 3.64. The van der Waals surface area contributed by atoms with Gasteiger partial charge in [-0.3, -0.25) is 0 Å². The van der Waals surface area contributed by atoms with E-state index >= 15 is 0 Å². The van der Waals surface area contributed by atoms with Crippen molar-refractivity contribution in [3.8, 4) is 17.6 Å². The van der Waals surface area contributed by atoms with Crippen LogP contribution in [0.1, 0.15) is 16.0 Å². The van der Waals surface area contributed by atoms with Crippen molar-refractivity contribution >= 4 is 22.9 Å². The van der Waals surface area contributed by atoms with Gasteiger partial charge in [0.15, 0.2) is 0 Å². The molecule has 0 aliphatic heterocycles. The van der Waals surface area contributed by atoms with Crippen LogP contribution in [0.5, 0.6) is 5.75 Å². The lowest BCUT2D eigenvalue weighted by Crippen LogP contribution is -1.94. The van der Waals surface area contributed by atoms with Crippen molar-refractivity contribution in [3.63, 3.8) is 0 Å². The Morgan fingerprint density at radius 1 is 1.37 bits per heavy atom. The van der Waals surface area contributed by atoms with E-state index in [1.54, 1.807) is 11.3 Å². The van der Waals surface area contributed by atoms with Gasteiger partial charge in [0, 0.05) is 15.8 Å². The van der Waals surface area contributed by atoms with E-state index in [1.165, 1.54) is 0 Å². The van der Waals surface area contributed by atoms with Crippen molar-refractivity contribution in [2.24, 2.45) is 0 Å². The number of ether oxygens (including phenoxy) is 1. The van der Waals surface area contributed by atoms with Gasteiger partial charge in [-0.1, -0.05) is 29.5 Å². The molecule has 0 unspecified atom stereocenters. The molecular weight excluding hydrogens is 280 g/mol. The SMILES string of the molecule is Cc1ccc(Cl)c(OCc2cc(C#CCO)cs2)c1. The molecule has 2 rings (SSSR count). The number of hydrogen-bond donors (Lipinski definition) is 1. The van der Waals surface area contributed by atoms with Gasteiger partial charge in [0.2, 0.25) is 0 Å². The molecule has 0 fully saturated rings. The lowest BCUT2D eigenvalue weighted by molar-refractivity contribution is 0.310. The highest BCUT2D eigenvalue weighted by Crippen LogP contribution is 2.26. The molecule has 0 atom stereocenters. The van der Waals surface area contributed by atoms with E-state index < -0.39 is 0 Å². The maximum absolute atomic E-state index is 8.63. The van der Waals surface area contributed by atoms with E-state index in [9.17, 15) is 0 Å². The van der Waals surface area contributed by atoms with Crippen LogP contribution in [0.4, 0.5) is 0 Å². The van der Waals surface area contributed by atoms with Crippen LogP contribution in [0.15, 0.2) is 29.6 Å². The summed E-state index contributed by atoms with van der Waals surface area (Å²) in [5.41, 5.74) is 2.01. The second kappa shape index (κ2) is 6.63. The van der Waals surface area contributed by atoms with Gasteiger partial charge in [0.1, 0.15) is 19.0 Å². The van der Waals surface area contributed by atoms with E-state index in [2.05, 4.69) is 11.8 Å². The summed E-state index contributed by atoms with van der Waals surface area (Å²) in [7, 11) is 0. The van der Waals surface area contributed by atoms with Crippen molar-refractivity contribution in [3.05, 3.63) is 50.7 Å². The summed E-state index contributed by atoms with van der Waals surface area (Å²) in [6.07, 6.45) is 0. The van der Waals surface area contributed by atoms with Crippen LogP contribution in [0.25, 0.3) is 0 Å². The van der Waals surface area contributed by atoms with Gasteiger partial charge in [0.25, 0.3) is 0 Å². The fourth-order valence-corrected chi connectivity index (χ4v) is 2.43. The van der Waals surface area contributed by atoms with E-state index in [4.69, 9.17) is 21.4 Å². The molecule has 1 heterocycles. The first-order chi connectivity index (χ1) is 9.19. The standard InChI is InChI=1S/C15H13ClO2S/c1-11-4-5-14(16)15(7-11)18-9-13-8-12(10-19-13)3-2-6-17/h4-5,7-8,10,17H,6,9H2,1H3. The minimum Gasteiger partial charge on any atom is -0.486 e. The molecule has 0 amide bonds. The van der Waals surface area contributed by atoms with E-state index in [0.717, 1.165) is 16.0 Å². The fourth-order valence-electron chi connectivity index (χ4n) is 1.53. The molecule has 1 N–H and O–H groups in total. The highest BCUT2D eigenvalue weighted by molar-refractivity contribution is 7.10. The van der Waals surface area contributed by atoms with E-state index in [-0.39, 0.29) is 6.61 Å². The first-order valence-corrected chi connectivity index (χ1v) is 7.01. The third-order valence-electron chi connectivity index (χ3n) is 2.42. The Morgan fingerprint density at radius 2 is 2.21 bits per heavy atom. The highest BCUT2D eigenvalue weighted by atomic mass is 35.5. The zero-order chi connectivity index (χ0) is 13.7. The Labute approximate surface area is 121 Å². The summed E-state index contributed by atoms with van der Waals surface area (Å²) in [4.78, 5) is 1.07. The normalized spacial score (nSPS) is 9.84. The molecule has 0 aliphatic rings. The zero-order valence-electron chi connectivity index (χ0n) is 10.4. The second-order valence-electron chi connectivity index (χ2n) is 3.98. The molecule has 1 aromatic carbocycles. The zero-order valence-corrected chi connectivity index (χ0v) is 12.0. The minimum atomic E-state index is -0.124. The maximum atomic E-state index is 8.63. The molecule has 0 radical (unpaired) electrons. The molecule has 0 saturated heterocycles. The smallest absolute Gasteiger partial charge is 0.138 e. The molecule has 19 heavy (non-hydrogen) atoms. The molecule has 98 valence electrons. The largest absolute Gasteiger partial charge is 0.486 e. The van der Waals surface area contributed by atoms with Crippen LogP contribution in [-0.4, -0.2) is 11.7 Å². The van der Waals surface area contributed by atoms with Gasteiger partial charge in [0.05, 0.1) is 5.02 Å². The van der Waals surface area contributed by atoms with E-state index in [0.29, 0.717) is 17.4 Å². The molecule has 0 bridgehead atoms. The minimum absolute atomic E-state index is 0.124. The molecule has 0 saturated carbocycles. The predicted molar refractivity (Wildman–Crippen MR) is 78.8 cm³/mol. The first kappa shape index (κ1) is 14.0. The molecule has 0 spiro atoms. The monoisotopic (exact) mass is 292 g/mol. The molecule has 0 aliphatic carbocycles. The summed E-state index contributed by atoms with van der Waals surface area (Å²) >= 11 is 7.64. The Morgan fingerprint density at radius 3 is 3.00 bits per heavy atom. The number of thiophene rings is 1. The van der Waals surface area contributed by atoms with Crippen LogP contribution < -0.4 is 4.74 Å².